The molecule has 0 aliphatic carbocycles. The van der Waals surface area contributed by atoms with Gasteiger partial charge >= 0.3 is 5.97 Å². The minimum atomic E-state index is -3.87. The fourth-order valence-corrected chi connectivity index (χ4v) is 2.76. The highest BCUT2D eigenvalue weighted by Crippen LogP contribution is 2.23. The zero-order valence-electron chi connectivity index (χ0n) is 11.0. The number of rotatable bonds is 5. The van der Waals surface area contributed by atoms with E-state index in [1.165, 1.54) is 18.2 Å². The van der Waals surface area contributed by atoms with E-state index in [4.69, 9.17) is 5.11 Å². The van der Waals surface area contributed by atoms with Crippen LogP contribution in [0.4, 0.5) is 5.69 Å². The van der Waals surface area contributed by atoms with Gasteiger partial charge in [0, 0.05) is 6.20 Å². The number of sulfonamides is 1. The molecule has 0 saturated heterocycles. The molecule has 0 fully saturated rings. The molecule has 1 aromatic heterocycles. The van der Waals surface area contributed by atoms with Gasteiger partial charge < -0.3 is 10.2 Å². The summed E-state index contributed by atoms with van der Waals surface area (Å²) < 4.78 is 27.7. The standard InChI is InChI=1S/C12H13N3O5S/c1-8-4-9(16)2-3-11(8)14-21(19,20)10-5-13-15(6-10)7-12(17)18/h2-6,14,16H,7H2,1H3,(H,17,18). The lowest BCUT2D eigenvalue weighted by Gasteiger charge is -2.09. The van der Waals surface area contributed by atoms with Crippen molar-refractivity contribution in [2.24, 2.45) is 0 Å². The minimum Gasteiger partial charge on any atom is -0.508 e. The molecule has 0 amide bonds. The summed E-state index contributed by atoms with van der Waals surface area (Å²) in [5.41, 5.74) is 0.871. The van der Waals surface area contributed by atoms with Crippen molar-refractivity contribution >= 4 is 21.7 Å². The van der Waals surface area contributed by atoms with E-state index in [2.05, 4.69) is 9.82 Å². The van der Waals surface area contributed by atoms with Crippen LogP contribution >= 0.6 is 0 Å². The van der Waals surface area contributed by atoms with Gasteiger partial charge in [-0.2, -0.15) is 5.10 Å². The number of carbonyl (C=O) groups is 1. The molecular formula is C12H13N3O5S. The average Bonchev–Trinajstić information content (AvgIpc) is 2.81. The lowest BCUT2D eigenvalue weighted by atomic mass is 10.2. The summed E-state index contributed by atoms with van der Waals surface area (Å²) in [6, 6.07) is 4.22. The van der Waals surface area contributed by atoms with Crippen molar-refractivity contribution in [3.8, 4) is 5.75 Å². The van der Waals surface area contributed by atoms with Gasteiger partial charge in [0.1, 0.15) is 17.2 Å². The van der Waals surface area contributed by atoms with E-state index < -0.39 is 22.5 Å². The number of hydrogen-bond donors (Lipinski definition) is 3. The third kappa shape index (κ3) is 3.51. The van der Waals surface area contributed by atoms with E-state index in [0.29, 0.717) is 11.3 Å². The van der Waals surface area contributed by atoms with Crippen LogP contribution < -0.4 is 4.72 Å². The number of aromatic hydroxyl groups is 1. The molecule has 0 aliphatic heterocycles. The number of aromatic nitrogens is 2. The highest BCUT2D eigenvalue weighted by atomic mass is 32.2. The molecule has 1 heterocycles. The Bertz CT molecular complexity index is 782. The second-order valence-electron chi connectivity index (χ2n) is 4.37. The van der Waals surface area contributed by atoms with Crippen LogP contribution in [-0.2, 0) is 21.4 Å². The highest BCUT2D eigenvalue weighted by molar-refractivity contribution is 7.92. The SMILES string of the molecule is Cc1cc(O)ccc1NS(=O)(=O)c1cnn(CC(=O)O)c1. The smallest absolute Gasteiger partial charge is 0.325 e. The molecule has 1 aromatic carbocycles. The maximum absolute atomic E-state index is 12.2. The summed E-state index contributed by atoms with van der Waals surface area (Å²) in [5, 5.41) is 21.6. The number of carboxylic acids is 1. The molecule has 0 saturated carbocycles. The predicted molar refractivity (Wildman–Crippen MR) is 73.5 cm³/mol. The van der Waals surface area contributed by atoms with Crippen molar-refractivity contribution in [3.63, 3.8) is 0 Å². The second-order valence-corrected chi connectivity index (χ2v) is 6.05. The zero-order chi connectivity index (χ0) is 15.6. The molecule has 112 valence electrons. The number of anilines is 1. The molecule has 0 radical (unpaired) electrons. The summed E-state index contributed by atoms with van der Waals surface area (Å²) in [6.07, 6.45) is 2.20. The van der Waals surface area contributed by atoms with Crippen LogP contribution in [0, 0.1) is 6.92 Å². The third-order valence-corrected chi connectivity index (χ3v) is 3.99. The third-order valence-electron chi connectivity index (χ3n) is 2.67. The fourth-order valence-electron chi connectivity index (χ4n) is 1.67. The summed E-state index contributed by atoms with van der Waals surface area (Å²) in [6.45, 7) is 1.22. The van der Waals surface area contributed by atoms with Crippen molar-refractivity contribution < 1.29 is 23.4 Å². The van der Waals surface area contributed by atoms with Gasteiger partial charge in [-0.05, 0) is 30.7 Å². The van der Waals surface area contributed by atoms with E-state index in [0.717, 1.165) is 17.1 Å². The quantitative estimate of drug-likeness (QED) is 0.702. The molecule has 9 heteroatoms. The Morgan fingerprint density at radius 3 is 2.76 bits per heavy atom. The number of nitrogens with zero attached hydrogens (tertiary/aromatic N) is 2. The van der Waals surface area contributed by atoms with Crippen LogP contribution in [0.3, 0.4) is 0 Å². The van der Waals surface area contributed by atoms with Gasteiger partial charge in [0.15, 0.2) is 0 Å². The Morgan fingerprint density at radius 1 is 1.43 bits per heavy atom. The maximum atomic E-state index is 12.2. The van der Waals surface area contributed by atoms with Gasteiger partial charge in [-0.3, -0.25) is 14.2 Å². The van der Waals surface area contributed by atoms with Crippen molar-refractivity contribution in [3.05, 3.63) is 36.2 Å². The molecule has 3 N–H and O–H groups in total. The fraction of sp³-hybridized carbons (Fsp3) is 0.167. The lowest BCUT2D eigenvalue weighted by Crippen LogP contribution is -2.13. The van der Waals surface area contributed by atoms with E-state index in [1.54, 1.807) is 6.92 Å². The molecule has 0 unspecified atom stereocenters. The van der Waals surface area contributed by atoms with E-state index in [-0.39, 0.29) is 10.6 Å². The first-order chi connectivity index (χ1) is 9.78. The molecule has 2 rings (SSSR count). The maximum Gasteiger partial charge on any atom is 0.325 e. The molecule has 0 atom stereocenters. The first kappa shape index (κ1) is 14.9. The number of carboxylic acid groups (broad SMARTS) is 1. The van der Waals surface area contributed by atoms with Gasteiger partial charge in [0.2, 0.25) is 0 Å². The Labute approximate surface area is 120 Å². The molecule has 8 nitrogen and oxygen atoms in total. The van der Waals surface area contributed by atoms with Crippen LogP contribution in [0.15, 0.2) is 35.5 Å². The Morgan fingerprint density at radius 2 is 2.14 bits per heavy atom. The summed E-state index contributed by atoms with van der Waals surface area (Å²) >= 11 is 0. The summed E-state index contributed by atoms with van der Waals surface area (Å²) in [4.78, 5) is 10.4. The topological polar surface area (TPSA) is 122 Å². The number of nitrogens with one attached hydrogen (secondary N) is 1. The minimum absolute atomic E-state index is 0.0322. The Hall–Kier alpha value is -2.55. The number of aliphatic carboxylic acids is 1. The number of hydrogen-bond acceptors (Lipinski definition) is 5. The van der Waals surface area contributed by atoms with E-state index >= 15 is 0 Å². The van der Waals surface area contributed by atoms with E-state index in [9.17, 15) is 18.3 Å². The van der Waals surface area contributed by atoms with Crippen LogP contribution in [0.1, 0.15) is 5.56 Å². The predicted octanol–water partition coefficient (Wildman–Crippen LogP) is 0.783. The van der Waals surface area contributed by atoms with Crippen molar-refractivity contribution in [1.82, 2.24) is 9.78 Å². The molecule has 2 aromatic rings. The van der Waals surface area contributed by atoms with Gasteiger partial charge in [-0.15, -0.1) is 0 Å². The van der Waals surface area contributed by atoms with Gasteiger partial charge in [0.25, 0.3) is 10.0 Å². The number of phenolic OH excluding ortho intramolecular Hbond substituents is 1. The van der Waals surface area contributed by atoms with Crippen LogP contribution in [0.2, 0.25) is 0 Å². The first-order valence-electron chi connectivity index (χ1n) is 5.84. The summed E-state index contributed by atoms with van der Waals surface area (Å²) in [7, 11) is -3.87. The first-order valence-corrected chi connectivity index (χ1v) is 7.33. The average molecular weight is 311 g/mol. The molecule has 0 bridgehead atoms. The van der Waals surface area contributed by atoms with E-state index in [1.807, 2.05) is 0 Å². The van der Waals surface area contributed by atoms with Gasteiger partial charge in [-0.25, -0.2) is 8.42 Å². The van der Waals surface area contributed by atoms with Crippen LogP contribution in [0.25, 0.3) is 0 Å². The monoisotopic (exact) mass is 311 g/mol. The molecule has 0 spiro atoms. The highest BCUT2D eigenvalue weighted by Gasteiger charge is 2.18. The summed E-state index contributed by atoms with van der Waals surface area (Å²) in [5.74, 6) is -1.09. The number of benzene rings is 1. The largest absolute Gasteiger partial charge is 0.508 e. The number of aryl methyl sites for hydroxylation is 1. The van der Waals surface area contributed by atoms with Crippen LogP contribution in [-0.4, -0.2) is 34.4 Å². The van der Waals surface area contributed by atoms with Crippen molar-refractivity contribution in [1.29, 1.82) is 0 Å². The lowest BCUT2D eigenvalue weighted by molar-refractivity contribution is -0.137. The van der Waals surface area contributed by atoms with Gasteiger partial charge in [0.05, 0.1) is 11.9 Å². The Kier molecular flexibility index (Phi) is 3.85. The molecular weight excluding hydrogens is 298 g/mol. The van der Waals surface area contributed by atoms with Crippen molar-refractivity contribution in [2.75, 3.05) is 4.72 Å². The second kappa shape index (κ2) is 5.44. The molecule has 21 heavy (non-hydrogen) atoms. The van der Waals surface area contributed by atoms with Crippen LogP contribution in [0.5, 0.6) is 5.75 Å². The van der Waals surface area contributed by atoms with Crippen molar-refractivity contribution in [2.45, 2.75) is 18.4 Å². The van der Waals surface area contributed by atoms with Gasteiger partial charge in [-0.1, -0.05) is 0 Å². The Balaban J connectivity index is 2.25. The normalized spacial score (nSPS) is 11.3. The molecule has 0 aliphatic rings. The zero-order valence-corrected chi connectivity index (χ0v) is 11.8. The number of phenols is 1.